The van der Waals surface area contributed by atoms with Gasteiger partial charge in [0.15, 0.2) is 0 Å². The number of hydrogen-bond acceptors (Lipinski definition) is 7. The first-order chi connectivity index (χ1) is 13.5. The van der Waals surface area contributed by atoms with Crippen LogP contribution in [0.3, 0.4) is 0 Å². The molecule has 2 N–H and O–H groups in total. The van der Waals surface area contributed by atoms with Crippen LogP contribution in [0.5, 0.6) is 0 Å². The molecule has 1 aliphatic heterocycles. The van der Waals surface area contributed by atoms with Crippen molar-refractivity contribution >= 4 is 23.1 Å². The molecule has 1 atom stereocenters. The number of carbonyl (C=O) groups excluding carboxylic acids is 1. The first kappa shape index (κ1) is 18.5. The summed E-state index contributed by atoms with van der Waals surface area (Å²) in [5, 5.41) is 0.900. The zero-order valence-corrected chi connectivity index (χ0v) is 16.6. The summed E-state index contributed by atoms with van der Waals surface area (Å²) in [6.45, 7) is 5.29. The van der Waals surface area contributed by atoms with Gasteiger partial charge < -0.3 is 15.4 Å². The number of nitrogens with two attached hydrogens (primary N) is 1. The molecule has 0 aromatic carbocycles. The molecule has 8 heteroatoms. The van der Waals surface area contributed by atoms with Gasteiger partial charge in [-0.25, -0.2) is 15.0 Å². The van der Waals surface area contributed by atoms with E-state index >= 15 is 0 Å². The average Bonchev–Trinajstić information content (AvgIpc) is 3.06. The van der Waals surface area contributed by atoms with Gasteiger partial charge in [0.25, 0.3) is 5.91 Å². The van der Waals surface area contributed by atoms with E-state index in [2.05, 4.69) is 9.97 Å². The van der Waals surface area contributed by atoms with Crippen molar-refractivity contribution in [2.24, 2.45) is 0 Å². The molecule has 0 radical (unpaired) electrons. The average molecular weight is 395 g/mol. The van der Waals surface area contributed by atoms with Crippen LogP contribution in [0.25, 0.3) is 11.3 Å². The summed E-state index contributed by atoms with van der Waals surface area (Å²) in [6, 6.07) is 9.43. The Morgan fingerprint density at radius 2 is 2.11 bits per heavy atom. The number of nitrogen functional groups attached to an aromatic ring is 1. The van der Waals surface area contributed by atoms with Crippen molar-refractivity contribution in [2.75, 3.05) is 25.4 Å². The SMILES string of the molecule is Cc1nc(C)c(C(=O)N2CCOC(c3cccc(-c4ccc(N)nc4)n3)C2)s1. The third-order valence-electron chi connectivity index (χ3n) is 4.63. The summed E-state index contributed by atoms with van der Waals surface area (Å²) in [5.41, 5.74) is 8.92. The van der Waals surface area contributed by atoms with E-state index in [1.54, 1.807) is 12.3 Å². The number of rotatable bonds is 3. The highest BCUT2D eigenvalue weighted by atomic mass is 32.1. The zero-order chi connectivity index (χ0) is 19.7. The highest BCUT2D eigenvalue weighted by Gasteiger charge is 2.29. The van der Waals surface area contributed by atoms with Gasteiger partial charge in [-0.05, 0) is 38.1 Å². The Kier molecular flexibility index (Phi) is 5.06. The maximum Gasteiger partial charge on any atom is 0.266 e. The highest BCUT2D eigenvalue weighted by molar-refractivity contribution is 7.13. The maximum atomic E-state index is 12.9. The number of amides is 1. The van der Waals surface area contributed by atoms with Gasteiger partial charge in [-0.15, -0.1) is 11.3 Å². The third-order valence-corrected chi connectivity index (χ3v) is 5.69. The number of aromatic nitrogens is 3. The molecule has 0 spiro atoms. The second-order valence-corrected chi connectivity index (χ2v) is 7.88. The molecule has 0 bridgehead atoms. The number of nitrogens with zero attached hydrogens (tertiary/aromatic N) is 4. The summed E-state index contributed by atoms with van der Waals surface area (Å²) in [6.07, 6.45) is 1.43. The van der Waals surface area contributed by atoms with Gasteiger partial charge in [-0.2, -0.15) is 0 Å². The molecule has 28 heavy (non-hydrogen) atoms. The van der Waals surface area contributed by atoms with Crippen LogP contribution in [-0.4, -0.2) is 45.5 Å². The first-order valence-electron chi connectivity index (χ1n) is 9.05. The largest absolute Gasteiger partial charge is 0.384 e. The molecule has 0 saturated carbocycles. The van der Waals surface area contributed by atoms with Crippen molar-refractivity contribution in [3.63, 3.8) is 0 Å². The van der Waals surface area contributed by atoms with Gasteiger partial charge in [0, 0.05) is 18.3 Å². The summed E-state index contributed by atoms with van der Waals surface area (Å²) in [4.78, 5) is 28.7. The Bertz CT molecular complexity index is 1000. The van der Waals surface area contributed by atoms with Crippen LogP contribution in [0.15, 0.2) is 36.5 Å². The third kappa shape index (κ3) is 3.74. The van der Waals surface area contributed by atoms with Crippen molar-refractivity contribution in [3.8, 4) is 11.3 Å². The zero-order valence-electron chi connectivity index (χ0n) is 15.8. The normalized spacial score (nSPS) is 16.9. The number of pyridine rings is 2. The minimum atomic E-state index is -0.270. The smallest absolute Gasteiger partial charge is 0.266 e. The van der Waals surface area contributed by atoms with Gasteiger partial charge in [0.2, 0.25) is 0 Å². The second kappa shape index (κ2) is 7.65. The van der Waals surface area contributed by atoms with Gasteiger partial charge in [-0.1, -0.05) is 6.07 Å². The van der Waals surface area contributed by atoms with Crippen molar-refractivity contribution in [3.05, 3.63) is 57.8 Å². The first-order valence-corrected chi connectivity index (χ1v) is 9.86. The fraction of sp³-hybridized carbons (Fsp3) is 0.300. The lowest BCUT2D eigenvalue weighted by atomic mass is 10.1. The Morgan fingerprint density at radius 3 is 2.82 bits per heavy atom. The minimum absolute atomic E-state index is 0.00953. The van der Waals surface area contributed by atoms with E-state index < -0.39 is 0 Å². The van der Waals surface area contributed by atoms with Gasteiger partial charge in [0.05, 0.1) is 35.2 Å². The van der Waals surface area contributed by atoms with Gasteiger partial charge in [0.1, 0.15) is 16.8 Å². The lowest BCUT2D eigenvalue weighted by Gasteiger charge is -2.32. The molecule has 3 aromatic rings. The minimum Gasteiger partial charge on any atom is -0.384 e. The lowest BCUT2D eigenvalue weighted by Crippen LogP contribution is -2.42. The summed E-state index contributed by atoms with van der Waals surface area (Å²) >= 11 is 1.44. The lowest BCUT2D eigenvalue weighted by molar-refractivity contribution is -0.0245. The fourth-order valence-electron chi connectivity index (χ4n) is 3.23. The summed E-state index contributed by atoms with van der Waals surface area (Å²) in [5.74, 6) is 0.480. The molecule has 1 fully saturated rings. The van der Waals surface area contributed by atoms with Crippen LogP contribution in [0.1, 0.15) is 32.2 Å². The van der Waals surface area contributed by atoms with E-state index in [1.165, 1.54) is 11.3 Å². The molecular formula is C20H21N5O2S. The number of ether oxygens (including phenoxy) is 1. The number of thiazole rings is 1. The molecule has 144 valence electrons. The van der Waals surface area contributed by atoms with Crippen molar-refractivity contribution in [2.45, 2.75) is 20.0 Å². The fourth-order valence-corrected chi connectivity index (χ4v) is 4.12. The van der Waals surface area contributed by atoms with Gasteiger partial charge >= 0.3 is 0 Å². The number of anilines is 1. The Balaban J connectivity index is 1.55. The number of hydrogen-bond donors (Lipinski definition) is 1. The standard InChI is InChI=1S/C20H21N5O2S/c1-12-19(28-13(2)23-12)20(26)25-8-9-27-17(11-25)16-5-3-4-15(24-16)14-6-7-18(21)22-10-14/h3-7,10,17H,8-9,11H2,1-2H3,(H2,21,22). The van der Waals surface area contributed by atoms with Crippen molar-refractivity contribution in [1.82, 2.24) is 19.9 Å². The molecule has 1 amide bonds. The number of aryl methyl sites for hydroxylation is 2. The van der Waals surface area contributed by atoms with E-state index in [-0.39, 0.29) is 12.0 Å². The topological polar surface area (TPSA) is 94.2 Å². The Labute approximate surface area is 167 Å². The van der Waals surface area contributed by atoms with Crippen LogP contribution >= 0.6 is 11.3 Å². The van der Waals surface area contributed by atoms with Crippen LogP contribution < -0.4 is 5.73 Å². The van der Waals surface area contributed by atoms with Crippen molar-refractivity contribution in [1.29, 1.82) is 0 Å². The van der Waals surface area contributed by atoms with E-state index in [1.807, 2.05) is 43.0 Å². The molecule has 1 saturated heterocycles. The number of morpholine rings is 1. The predicted octanol–water partition coefficient (Wildman–Crippen LogP) is 3.01. The van der Waals surface area contributed by atoms with E-state index in [0.29, 0.717) is 30.4 Å². The highest BCUT2D eigenvalue weighted by Crippen LogP contribution is 2.26. The molecule has 7 nitrogen and oxygen atoms in total. The van der Waals surface area contributed by atoms with Crippen LogP contribution in [-0.2, 0) is 4.74 Å². The van der Waals surface area contributed by atoms with E-state index in [9.17, 15) is 4.79 Å². The second-order valence-electron chi connectivity index (χ2n) is 6.68. The molecule has 0 aliphatic carbocycles. The van der Waals surface area contributed by atoms with E-state index in [0.717, 1.165) is 27.7 Å². The Hall–Kier alpha value is -2.84. The molecule has 4 heterocycles. The number of carbonyl (C=O) groups is 1. The van der Waals surface area contributed by atoms with Crippen LogP contribution in [0, 0.1) is 13.8 Å². The monoisotopic (exact) mass is 395 g/mol. The quantitative estimate of drug-likeness (QED) is 0.733. The molecule has 1 unspecified atom stereocenters. The van der Waals surface area contributed by atoms with Crippen molar-refractivity contribution < 1.29 is 9.53 Å². The molecule has 4 rings (SSSR count). The molecule has 1 aliphatic rings. The summed E-state index contributed by atoms with van der Waals surface area (Å²) < 4.78 is 5.92. The predicted molar refractivity (Wildman–Crippen MR) is 108 cm³/mol. The molecular weight excluding hydrogens is 374 g/mol. The summed E-state index contributed by atoms with van der Waals surface area (Å²) in [7, 11) is 0. The van der Waals surface area contributed by atoms with Crippen LogP contribution in [0.2, 0.25) is 0 Å². The van der Waals surface area contributed by atoms with Gasteiger partial charge in [-0.3, -0.25) is 4.79 Å². The Morgan fingerprint density at radius 1 is 1.25 bits per heavy atom. The maximum absolute atomic E-state index is 12.9. The molecule has 3 aromatic heterocycles. The van der Waals surface area contributed by atoms with Crippen LogP contribution in [0.4, 0.5) is 5.82 Å². The van der Waals surface area contributed by atoms with E-state index in [4.69, 9.17) is 15.5 Å².